The van der Waals surface area contributed by atoms with Gasteiger partial charge in [-0.25, -0.2) is 0 Å². The van der Waals surface area contributed by atoms with Gasteiger partial charge in [-0.3, -0.25) is 5.01 Å². The fraction of sp³-hybridized carbons (Fsp3) is 0.160. The van der Waals surface area contributed by atoms with E-state index in [0.717, 1.165) is 34.9 Å². The number of rotatable bonds is 6. The Hall–Kier alpha value is -3.53. The molecule has 4 heteroatoms. The molecule has 1 aliphatic rings. The minimum Gasteiger partial charge on any atom is -0.497 e. The van der Waals surface area contributed by atoms with Crippen molar-refractivity contribution in [2.24, 2.45) is 5.10 Å². The number of nitrogens with zero attached hydrogens (tertiary/aromatic N) is 2. The fourth-order valence-corrected chi connectivity index (χ4v) is 3.45. The van der Waals surface area contributed by atoms with Crippen molar-refractivity contribution in [3.8, 4) is 11.5 Å². The first-order chi connectivity index (χ1) is 14.3. The van der Waals surface area contributed by atoms with Crippen molar-refractivity contribution in [2.75, 3.05) is 19.2 Å². The monoisotopic (exact) mass is 384 g/mol. The third-order valence-electron chi connectivity index (χ3n) is 5.04. The number of para-hydroxylation sites is 1. The Morgan fingerprint density at radius 2 is 1.41 bits per heavy atom. The molecule has 3 aromatic carbocycles. The van der Waals surface area contributed by atoms with Gasteiger partial charge in [0.05, 0.1) is 31.7 Å². The van der Waals surface area contributed by atoms with E-state index >= 15 is 0 Å². The summed E-state index contributed by atoms with van der Waals surface area (Å²) in [5, 5.41) is 7.02. The lowest BCUT2D eigenvalue weighted by Gasteiger charge is -2.24. The minimum atomic E-state index is 0.152. The molecule has 0 N–H and O–H groups in total. The fourth-order valence-electron chi connectivity index (χ4n) is 3.45. The van der Waals surface area contributed by atoms with Crippen molar-refractivity contribution in [2.45, 2.75) is 12.5 Å². The van der Waals surface area contributed by atoms with Gasteiger partial charge in [0.2, 0.25) is 0 Å². The van der Waals surface area contributed by atoms with Gasteiger partial charge >= 0.3 is 0 Å². The molecule has 1 heterocycles. The first-order valence-electron chi connectivity index (χ1n) is 9.64. The molecule has 29 heavy (non-hydrogen) atoms. The van der Waals surface area contributed by atoms with E-state index in [0.29, 0.717) is 0 Å². The van der Waals surface area contributed by atoms with Gasteiger partial charge in [-0.1, -0.05) is 48.5 Å². The van der Waals surface area contributed by atoms with E-state index in [-0.39, 0.29) is 6.04 Å². The molecule has 0 spiro atoms. The highest BCUT2D eigenvalue weighted by molar-refractivity contribution is 6.01. The lowest BCUT2D eigenvalue weighted by atomic mass is 10.0. The molecular weight excluding hydrogens is 360 g/mol. The predicted octanol–water partition coefficient (Wildman–Crippen LogP) is 5.72. The van der Waals surface area contributed by atoms with Gasteiger partial charge in [0.15, 0.2) is 0 Å². The Labute approximate surface area is 171 Å². The molecule has 0 amide bonds. The summed E-state index contributed by atoms with van der Waals surface area (Å²) in [5.41, 5.74) is 4.46. The number of anilines is 1. The molecule has 0 aromatic heterocycles. The second-order valence-electron chi connectivity index (χ2n) is 6.87. The number of methoxy groups -OCH3 is 2. The van der Waals surface area contributed by atoms with Gasteiger partial charge in [0.1, 0.15) is 11.5 Å². The third kappa shape index (κ3) is 4.32. The van der Waals surface area contributed by atoms with Crippen LogP contribution in [-0.4, -0.2) is 19.9 Å². The Kier molecular flexibility index (Phi) is 5.61. The molecule has 0 fully saturated rings. The molecule has 0 aliphatic carbocycles. The highest BCUT2D eigenvalue weighted by Crippen LogP contribution is 2.36. The van der Waals surface area contributed by atoms with Crippen LogP contribution in [0.4, 0.5) is 5.69 Å². The van der Waals surface area contributed by atoms with Crippen LogP contribution >= 0.6 is 0 Å². The van der Waals surface area contributed by atoms with E-state index in [9.17, 15) is 0 Å². The highest BCUT2D eigenvalue weighted by atomic mass is 16.5. The first-order valence-corrected chi connectivity index (χ1v) is 9.64. The van der Waals surface area contributed by atoms with Crippen LogP contribution in [0.5, 0.6) is 11.5 Å². The maximum Gasteiger partial charge on any atom is 0.118 e. The number of ether oxygens (including phenoxy) is 2. The third-order valence-corrected chi connectivity index (χ3v) is 5.04. The number of allylic oxidation sites excluding steroid dienone is 1. The molecule has 146 valence electrons. The van der Waals surface area contributed by atoms with E-state index in [2.05, 4.69) is 41.4 Å². The number of benzene rings is 3. The van der Waals surface area contributed by atoms with E-state index in [4.69, 9.17) is 14.6 Å². The van der Waals surface area contributed by atoms with Crippen molar-refractivity contribution in [3.05, 3.63) is 96.1 Å². The van der Waals surface area contributed by atoms with Crippen LogP contribution in [0.15, 0.2) is 90.0 Å². The average Bonchev–Trinajstić information content (AvgIpc) is 3.23. The lowest BCUT2D eigenvalue weighted by molar-refractivity contribution is 0.414. The van der Waals surface area contributed by atoms with Crippen LogP contribution in [-0.2, 0) is 0 Å². The molecule has 0 unspecified atom stereocenters. The zero-order chi connectivity index (χ0) is 20.1. The van der Waals surface area contributed by atoms with Gasteiger partial charge in [0.25, 0.3) is 0 Å². The Balaban J connectivity index is 1.60. The first kappa shape index (κ1) is 18.8. The second-order valence-corrected chi connectivity index (χ2v) is 6.87. The van der Waals surface area contributed by atoms with Crippen molar-refractivity contribution in [1.29, 1.82) is 0 Å². The van der Waals surface area contributed by atoms with E-state index in [1.54, 1.807) is 14.2 Å². The zero-order valence-electron chi connectivity index (χ0n) is 16.7. The maximum atomic E-state index is 5.31. The van der Waals surface area contributed by atoms with Crippen LogP contribution in [0.3, 0.4) is 0 Å². The number of hydrazone groups is 1. The Morgan fingerprint density at radius 1 is 0.793 bits per heavy atom. The summed E-state index contributed by atoms with van der Waals surface area (Å²) in [6, 6.07) is 26.7. The number of hydrogen-bond acceptors (Lipinski definition) is 4. The summed E-state index contributed by atoms with van der Waals surface area (Å²) in [5.74, 6) is 1.72. The molecule has 0 radical (unpaired) electrons. The van der Waals surface area contributed by atoms with Crippen molar-refractivity contribution >= 4 is 17.5 Å². The molecule has 0 bridgehead atoms. The predicted molar refractivity (Wildman–Crippen MR) is 119 cm³/mol. The van der Waals surface area contributed by atoms with Crippen LogP contribution in [0, 0.1) is 0 Å². The second kappa shape index (κ2) is 8.65. The summed E-state index contributed by atoms with van der Waals surface area (Å²) in [6.07, 6.45) is 5.03. The average molecular weight is 384 g/mol. The van der Waals surface area contributed by atoms with Crippen LogP contribution in [0.2, 0.25) is 0 Å². The molecule has 1 aliphatic heterocycles. The maximum absolute atomic E-state index is 5.31. The van der Waals surface area contributed by atoms with E-state index < -0.39 is 0 Å². The molecular formula is C25H24N2O2. The van der Waals surface area contributed by atoms with E-state index in [1.165, 1.54) is 5.56 Å². The standard InChI is InChI=1S/C25H24N2O2/c1-28-23-14-9-19(10-15-23)8-13-21-18-25(20-11-16-24(29-2)17-12-20)27(26-21)22-6-4-3-5-7-22/h3-17,25H,18H2,1-2H3/t25-/m1/s1. The lowest BCUT2D eigenvalue weighted by Crippen LogP contribution is -2.18. The zero-order valence-corrected chi connectivity index (χ0v) is 16.7. The Morgan fingerprint density at radius 3 is 2.03 bits per heavy atom. The molecule has 0 saturated carbocycles. The van der Waals surface area contributed by atoms with Gasteiger partial charge < -0.3 is 9.47 Å². The normalized spacial score (nSPS) is 16.1. The number of hydrogen-bond donors (Lipinski definition) is 0. The van der Waals surface area contributed by atoms with Gasteiger partial charge in [-0.2, -0.15) is 5.10 Å². The van der Waals surface area contributed by atoms with Crippen molar-refractivity contribution in [3.63, 3.8) is 0 Å². The van der Waals surface area contributed by atoms with Gasteiger partial charge in [0, 0.05) is 6.42 Å². The summed E-state index contributed by atoms with van der Waals surface area (Å²) < 4.78 is 10.5. The van der Waals surface area contributed by atoms with Crippen LogP contribution in [0.1, 0.15) is 23.6 Å². The molecule has 3 aromatic rings. The summed E-state index contributed by atoms with van der Waals surface area (Å²) in [7, 11) is 3.36. The Bertz CT molecular complexity index is 993. The van der Waals surface area contributed by atoms with Crippen molar-refractivity contribution in [1.82, 2.24) is 0 Å². The SMILES string of the molecule is COc1ccc(C=CC2=NN(c3ccccc3)[C@@H](c3ccc(OC)cc3)C2)cc1. The molecule has 4 nitrogen and oxygen atoms in total. The molecule has 4 rings (SSSR count). The van der Waals surface area contributed by atoms with Crippen molar-refractivity contribution < 1.29 is 9.47 Å². The van der Waals surface area contributed by atoms with E-state index in [1.807, 2.05) is 54.6 Å². The summed E-state index contributed by atoms with van der Waals surface area (Å²) in [4.78, 5) is 0. The largest absolute Gasteiger partial charge is 0.497 e. The van der Waals surface area contributed by atoms with Gasteiger partial charge in [-0.15, -0.1) is 0 Å². The quantitative estimate of drug-likeness (QED) is 0.545. The summed E-state index contributed by atoms with van der Waals surface area (Å²) >= 11 is 0. The minimum absolute atomic E-state index is 0.152. The summed E-state index contributed by atoms with van der Waals surface area (Å²) in [6.45, 7) is 0. The molecule has 0 saturated heterocycles. The van der Waals surface area contributed by atoms with Crippen LogP contribution in [0.25, 0.3) is 6.08 Å². The molecule has 1 atom stereocenters. The van der Waals surface area contributed by atoms with Gasteiger partial charge in [-0.05, 0) is 53.6 Å². The smallest absolute Gasteiger partial charge is 0.118 e. The highest BCUT2D eigenvalue weighted by Gasteiger charge is 2.28. The van der Waals surface area contributed by atoms with Crippen LogP contribution < -0.4 is 14.5 Å². The topological polar surface area (TPSA) is 34.1 Å².